The Morgan fingerprint density at radius 3 is 2.58 bits per heavy atom. The van der Waals surface area contributed by atoms with E-state index in [1.165, 1.54) is 24.0 Å². The Morgan fingerprint density at radius 1 is 1.15 bits per heavy atom. The van der Waals surface area contributed by atoms with Gasteiger partial charge in [-0.3, -0.25) is 0 Å². The molecule has 5 nitrogen and oxygen atoms in total. The molecule has 0 bridgehead atoms. The van der Waals surface area contributed by atoms with Gasteiger partial charge in [0.1, 0.15) is 11.8 Å². The van der Waals surface area contributed by atoms with Crippen molar-refractivity contribution in [3.63, 3.8) is 0 Å². The molecule has 1 atom stereocenters. The summed E-state index contributed by atoms with van der Waals surface area (Å²) >= 11 is 0. The van der Waals surface area contributed by atoms with E-state index in [9.17, 15) is 5.26 Å². The van der Waals surface area contributed by atoms with Gasteiger partial charge in [-0.15, -0.1) is 0 Å². The van der Waals surface area contributed by atoms with Crippen LogP contribution in [0.1, 0.15) is 54.2 Å². The molecule has 5 heteroatoms. The molecule has 26 heavy (non-hydrogen) atoms. The maximum atomic E-state index is 9.19. The summed E-state index contributed by atoms with van der Waals surface area (Å²) in [5.74, 6) is 0.685. The fraction of sp³-hybridized carbons (Fsp3) is 0.476. The van der Waals surface area contributed by atoms with E-state index in [0.717, 1.165) is 31.6 Å². The van der Waals surface area contributed by atoms with Crippen molar-refractivity contribution in [3.8, 4) is 6.07 Å². The highest BCUT2D eigenvalue weighted by molar-refractivity contribution is 5.51. The SMILES string of the molecule is Cc1cc(C#N)nc(N2CCC3(CC2)[C@H](N)c2ccccc2C32CC2)n1. The molecule has 2 spiro atoms. The van der Waals surface area contributed by atoms with Gasteiger partial charge in [0, 0.05) is 35.7 Å². The predicted octanol–water partition coefficient (Wildman–Crippen LogP) is 2.99. The molecule has 2 aliphatic carbocycles. The van der Waals surface area contributed by atoms with Gasteiger partial charge in [-0.05, 0) is 49.8 Å². The molecule has 1 aromatic heterocycles. The standard InChI is InChI=1S/C21H23N5/c1-14-12-15(13-22)25-19(24-14)26-10-8-21(9-11-26)18(23)16-4-2-3-5-17(16)20(21)6-7-20/h2-5,12,18H,6-11,23H2,1H3/t18-/m1/s1. The normalized spacial score (nSPS) is 24.5. The maximum absolute atomic E-state index is 9.19. The fourth-order valence-corrected chi connectivity index (χ4v) is 5.61. The molecule has 3 aliphatic rings. The van der Waals surface area contributed by atoms with E-state index >= 15 is 0 Å². The monoisotopic (exact) mass is 345 g/mol. The van der Waals surface area contributed by atoms with Crippen LogP contribution in [0.4, 0.5) is 5.95 Å². The van der Waals surface area contributed by atoms with Gasteiger partial charge in [-0.2, -0.15) is 5.26 Å². The molecule has 2 N–H and O–H groups in total. The average Bonchev–Trinajstić information content (AvgIpc) is 3.46. The van der Waals surface area contributed by atoms with Crippen molar-refractivity contribution >= 4 is 5.95 Å². The first-order valence-electron chi connectivity index (χ1n) is 9.45. The van der Waals surface area contributed by atoms with Crippen LogP contribution < -0.4 is 10.6 Å². The minimum atomic E-state index is 0.122. The Balaban J connectivity index is 1.45. The summed E-state index contributed by atoms with van der Waals surface area (Å²) in [5.41, 5.74) is 11.4. The molecule has 2 heterocycles. The summed E-state index contributed by atoms with van der Waals surface area (Å²) in [6, 6.07) is 12.8. The van der Waals surface area contributed by atoms with Crippen molar-refractivity contribution in [1.82, 2.24) is 9.97 Å². The van der Waals surface area contributed by atoms with Crippen molar-refractivity contribution < 1.29 is 0 Å². The number of nitrogens with zero attached hydrogens (tertiary/aromatic N) is 4. The fourth-order valence-electron chi connectivity index (χ4n) is 5.61. The molecule has 1 aliphatic heterocycles. The summed E-state index contributed by atoms with van der Waals surface area (Å²) in [4.78, 5) is 11.2. The lowest BCUT2D eigenvalue weighted by Gasteiger charge is -2.46. The zero-order chi connectivity index (χ0) is 17.9. The van der Waals surface area contributed by atoms with Gasteiger partial charge in [0.25, 0.3) is 0 Å². The van der Waals surface area contributed by atoms with E-state index in [-0.39, 0.29) is 11.5 Å². The number of nitriles is 1. The number of aromatic nitrogens is 2. The van der Waals surface area contributed by atoms with E-state index in [1.807, 2.05) is 6.92 Å². The first kappa shape index (κ1) is 15.8. The molecular formula is C21H23N5. The summed E-state index contributed by atoms with van der Waals surface area (Å²) in [5, 5.41) is 9.19. The van der Waals surface area contributed by atoms with Crippen molar-refractivity contribution in [2.45, 2.75) is 44.1 Å². The van der Waals surface area contributed by atoms with Gasteiger partial charge in [-0.25, -0.2) is 9.97 Å². The van der Waals surface area contributed by atoms with Gasteiger partial charge in [0.15, 0.2) is 0 Å². The highest BCUT2D eigenvalue weighted by Crippen LogP contribution is 2.72. The highest BCUT2D eigenvalue weighted by Gasteiger charge is 2.67. The second kappa shape index (κ2) is 5.28. The Labute approximate surface area is 153 Å². The van der Waals surface area contributed by atoms with Gasteiger partial charge in [-0.1, -0.05) is 24.3 Å². The van der Waals surface area contributed by atoms with Gasteiger partial charge in [0.05, 0.1) is 0 Å². The molecule has 1 aromatic carbocycles. The second-order valence-corrected chi connectivity index (χ2v) is 8.10. The largest absolute Gasteiger partial charge is 0.341 e. The first-order valence-corrected chi connectivity index (χ1v) is 9.45. The summed E-state index contributed by atoms with van der Waals surface area (Å²) in [6.45, 7) is 3.72. The molecule has 132 valence electrons. The zero-order valence-electron chi connectivity index (χ0n) is 15.1. The number of hydrogen-bond donors (Lipinski definition) is 1. The molecular weight excluding hydrogens is 322 g/mol. The third-order valence-corrected chi connectivity index (χ3v) is 7.01. The zero-order valence-corrected chi connectivity index (χ0v) is 15.1. The molecule has 5 rings (SSSR count). The number of anilines is 1. The molecule has 1 saturated heterocycles. The first-order chi connectivity index (χ1) is 12.6. The van der Waals surface area contributed by atoms with Crippen molar-refractivity contribution in [1.29, 1.82) is 5.26 Å². The third-order valence-electron chi connectivity index (χ3n) is 7.01. The van der Waals surface area contributed by atoms with E-state index in [2.05, 4.69) is 45.2 Å². The van der Waals surface area contributed by atoms with Crippen LogP contribution in [0.2, 0.25) is 0 Å². The van der Waals surface area contributed by atoms with Crippen molar-refractivity contribution in [2.24, 2.45) is 11.1 Å². The quantitative estimate of drug-likeness (QED) is 0.859. The number of piperidine rings is 1. The average molecular weight is 345 g/mol. The van der Waals surface area contributed by atoms with Gasteiger partial charge >= 0.3 is 0 Å². The van der Waals surface area contributed by atoms with Crippen molar-refractivity contribution in [3.05, 3.63) is 52.8 Å². The predicted molar refractivity (Wildman–Crippen MR) is 99.6 cm³/mol. The lowest BCUT2D eigenvalue weighted by molar-refractivity contribution is 0.130. The van der Waals surface area contributed by atoms with Crippen LogP contribution in [0.25, 0.3) is 0 Å². The van der Waals surface area contributed by atoms with Crippen LogP contribution in [0.5, 0.6) is 0 Å². The minimum Gasteiger partial charge on any atom is -0.341 e. The minimum absolute atomic E-state index is 0.122. The summed E-state index contributed by atoms with van der Waals surface area (Å²) < 4.78 is 0. The number of aryl methyl sites for hydroxylation is 1. The van der Waals surface area contributed by atoms with Crippen LogP contribution in [-0.4, -0.2) is 23.1 Å². The third kappa shape index (κ3) is 1.94. The second-order valence-electron chi connectivity index (χ2n) is 8.10. The summed E-state index contributed by atoms with van der Waals surface area (Å²) in [7, 11) is 0. The number of fused-ring (bicyclic) bond motifs is 3. The number of hydrogen-bond acceptors (Lipinski definition) is 5. The van der Waals surface area contributed by atoms with Crippen molar-refractivity contribution in [2.75, 3.05) is 18.0 Å². The molecule has 0 amide bonds. The number of rotatable bonds is 1. The lowest BCUT2D eigenvalue weighted by Crippen LogP contribution is -2.49. The molecule has 0 unspecified atom stereocenters. The molecule has 0 radical (unpaired) electrons. The number of benzene rings is 1. The van der Waals surface area contributed by atoms with Crippen LogP contribution in [0.3, 0.4) is 0 Å². The summed E-state index contributed by atoms with van der Waals surface area (Å²) in [6.07, 6.45) is 4.64. The maximum Gasteiger partial charge on any atom is 0.226 e. The Kier molecular flexibility index (Phi) is 3.20. The van der Waals surface area contributed by atoms with E-state index in [4.69, 9.17) is 5.73 Å². The van der Waals surface area contributed by atoms with E-state index in [1.54, 1.807) is 6.07 Å². The van der Waals surface area contributed by atoms with Crippen LogP contribution in [-0.2, 0) is 5.41 Å². The number of nitrogens with two attached hydrogens (primary N) is 1. The van der Waals surface area contributed by atoms with Gasteiger partial charge < -0.3 is 10.6 Å². The van der Waals surface area contributed by atoms with E-state index < -0.39 is 0 Å². The van der Waals surface area contributed by atoms with Gasteiger partial charge in [0.2, 0.25) is 5.95 Å². The molecule has 1 saturated carbocycles. The molecule has 2 aromatic rings. The Hall–Kier alpha value is -2.45. The van der Waals surface area contributed by atoms with Crippen LogP contribution in [0.15, 0.2) is 30.3 Å². The smallest absolute Gasteiger partial charge is 0.226 e. The topological polar surface area (TPSA) is 78.8 Å². The lowest BCUT2D eigenvalue weighted by atomic mass is 9.65. The van der Waals surface area contributed by atoms with Crippen LogP contribution in [0, 0.1) is 23.7 Å². The van der Waals surface area contributed by atoms with Crippen LogP contribution >= 0.6 is 0 Å². The van der Waals surface area contributed by atoms with E-state index in [0.29, 0.717) is 17.1 Å². The molecule has 2 fully saturated rings. The Bertz CT molecular complexity index is 916. The highest BCUT2D eigenvalue weighted by atomic mass is 15.3. The Morgan fingerprint density at radius 2 is 1.88 bits per heavy atom.